The van der Waals surface area contributed by atoms with Gasteiger partial charge in [0.1, 0.15) is 5.78 Å². The van der Waals surface area contributed by atoms with Gasteiger partial charge in [0.25, 0.3) is 0 Å². The van der Waals surface area contributed by atoms with E-state index in [0.717, 1.165) is 58.4 Å². The van der Waals surface area contributed by atoms with Gasteiger partial charge in [-0.25, -0.2) is 4.98 Å². The number of rotatable bonds is 6. The highest BCUT2D eigenvalue weighted by Gasteiger charge is 2.22. The van der Waals surface area contributed by atoms with Gasteiger partial charge in [-0.2, -0.15) is 0 Å². The second-order valence-corrected chi connectivity index (χ2v) is 8.98. The van der Waals surface area contributed by atoms with Crippen molar-refractivity contribution in [2.24, 2.45) is 5.92 Å². The first-order valence-corrected chi connectivity index (χ1v) is 11.4. The summed E-state index contributed by atoms with van der Waals surface area (Å²) in [5.74, 6) is 0.842. The maximum atomic E-state index is 12.7. The molecule has 32 heavy (non-hydrogen) atoms. The van der Waals surface area contributed by atoms with E-state index in [9.17, 15) is 4.79 Å². The van der Waals surface area contributed by atoms with Crippen LogP contribution in [0.4, 0.5) is 0 Å². The lowest BCUT2D eigenvalue weighted by Crippen LogP contribution is -2.16. The summed E-state index contributed by atoms with van der Waals surface area (Å²) in [7, 11) is 2.13. The Morgan fingerprint density at radius 3 is 2.34 bits per heavy atom. The van der Waals surface area contributed by atoms with E-state index in [1.807, 2.05) is 24.3 Å². The van der Waals surface area contributed by atoms with Gasteiger partial charge in [-0.15, -0.1) is 0 Å². The highest BCUT2D eigenvalue weighted by atomic mass is 16.1. The number of hydrogen-bond acceptors (Lipinski definition) is 3. The molecule has 0 spiro atoms. The first kappa shape index (κ1) is 20.6. The number of hydrogen-bond donors (Lipinski definition) is 0. The Hall–Kier alpha value is -3.30. The Kier molecular flexibility index (Phi) is 5.83. The third kappa shape index (κ3) is 4.49. The van der Waals surface area contributed by atoms with Crippen molar-refractivity contribution in [1.29, 1.82) is 0 Å². The minimum atomic E-state index is 0.335. The molecule has 3 aromatic carbocycles. The predicted octanol–water partition coefficient (Wildman–Crippen LogP) is 6.02. The second kappa shape index (κ2) is 9.05. The number of benzene rings is 3. The highest BCUT2D eigenvalue weighted by molar-refractivity contribution is 5.92. The van der Waals surface area contributed by atoms with Crippen molar-refractivity contribution >= 4 is 16.7 Å². The van der Waals surface area contributed by atoms with Gasteiger partial charge in [0.05, 0.1) is 11.2 Å². The normalized spacial score (nSPS) is 16.5. The predicted molar refractivity (Wildman–Crippen MR) is 132 cm³/mol. The lowest BCUT2D eigenvalue weighted by molar-refractivity contribution is -0.119. The standard InChI is InChI=1S/C29H28N2O/c1-31-15-14-22(20-31)18-26(32)17-21-12-13-28-25(16-21)19-27(23-8-4-2-5-9-23)29(30-28)24-10-6-3-7-11-24/h2-13,16,19,22H,14-15,17-18,20H2,1H3. The van der Waals surface area contributed by atoms with E-state index in [1.165, 1.54) is 0 Å². The molecule has 3 heteroatoms. The van der Waals surface area contributed by atoms with Gasteiger partial charge in [-0.3, -0.25) is 4.79 Å². The fourth-order valence-electron chi connectivity index (χ4n) is 4.80. The smallest absolute Gasteiger partial charge is 0.137 e. The maximum absolute atomic E-state index is 12.7. The van der Waals surface area contributed by atoms with Gasteiger partial charge >= 0.3 is 0 Å². The Balaban J connectivity index is 1.48. The average molecular weight is 421 g/mol. The summed E-state index contributed by atoms with van der Waals surface area (Å²) in [6, 6.07) is 29.2. The molecule has 0 bridgehead atoms. The van der Waals surface area contributed by atoms with Crippen LogP contribution in [0.3, 0.4) is 0 Å². The van der Waals surface area contributed by atoms with Crippen LogP contribution >= 0.6 is 0 Å². The molecule has 1 aromatic heterocycles. The Bertz CT molecular complexity index is 1230. The molecule has 0 N–H and O–H groups in total. The fraction of sp³-hybridized carbons (Fsp3) is 0.241. The first-order chi connectivity index (χ1) is 15.7. The number of likely N-dealkylation sites (tertiary alicyclic amines) is 1. The molecule has 0 radical (unpaired) electrons. The van der Waals surface area contributed by atoms with E-state index in [2.05, 4.69) is 72.6 Å². The van der Waals surface area contributed by atoms with E-state index < -0.39 is 0 Å². The summed E-state index contributed by atoms with van der Waals surface area (Å²) < 4.78 is 0. The summed E-state index contributed by atoms with van der Waals surface area (Å²) in [6.07, 6.45) is 2.31. The van der Waals surface area contributed by atoms with E-state index in [1.54, 1.807) is 0 Å². The number of carbonyl (C=O) groups is 1. The molecule has 1 unspecified atom stereocenters. The molecule has 4 aromatic rings. The van der Waals surface area contributed by atoms with Crippen LogP contribution < -0.4 is 0 Å². The zero-order valence-electron chi connectivity index (χ0n) is 18.5. The molecular weight excluding hydrogens is 392 g/mol. The minimum Gasteiger partial charge on any atom is -0.306 e. The van der Waals surface area contributed by atoms with Crippen molar-refractivity contribution in [3.05, 3.63) is 90.5 Å². The maximum Gasteiger partial charge on any atom is 0.137 e. The zero-order valence-corrected chi connectivity index (χ0v) is 18.5. The van der Waals surface area contributed by atoms with Crippen molar-refractivity contribution in [2.75, 3.05) is 20.1 Å². The molecule has 0 saturated carbocycles. The summed E-state index contributed by atoms with van der Waals surface area (Å²) in [4.78, 5) is 20.1. The van der Waals surface area contributed by atoms with Gasteiger partial charge in [0, 0.05) is 35.9 Å². The van der Waals surface area contributed by atoms with Crippen LogP contribution in [0.1, 0.15) is 18.4 Å². The van der Waals surface area contributed by atoms with E-state index in [0.29, 0.717) is 24.5 Å². The molecule has 5 rings (SSSR count). The molecule has 1 aliphatic heterocycles. The largest absolute Gasteiger partial charge is 0.306 e. The topological polar surface area (TPSA) is 33.2 Å². The van der Waals surface area contributed by atoms with Crippen molar-refractivity contribution in [1.82, 2.24) is 9.88 Å². The van der Waals surface area contributed by atoms with Crippen molar-refractivity contribution in [2.45, 2.75) is 19.3 Å². The number of carbonyl (C=O) groups excluding carboxylic acids is 1. The molecule has 3 nitrogen and oxygen atoms in total. The summed E-state index contributed by atoms with van der Waals surface area (Å²) in [5.41, 5.74) is 6.38. The summed E-state index contributed by atoms with van der Waals surface area (Å²) in [5, 5.41) is 1.08. The van der Waals surface area contributed by atoms with E-state index >= 15 is 0 Å². The van der Waals surface area contributed by atoms with Crippen LogP contribution in [0.25, 0.3) is 33.3 Å². The summed E-state index contributed by atoms with van der Waals surface area (Å²) in [6.45, 7) is 2.14. The average Bonchev–Trinajstić information content (AvgIpc) is 3.23. The van der Waals surface area contributed by atoms with Crippen LogP contribution in [0.5, 0.6) is 0 Å². The molecule has 0 aliphatic carbocycles. The third-order valence-electron chi connectivity index (χ3n) is 6.42. The number of aromatic nitrogens is 1. The van der Waals surface area contributed by atoms with E-state index in [4.69, 9.17) is 4.98 Å². The molecule has 0 amide bonds. The van der Waals surface area contributed by atoms with Crippen LogP contribution in [0.2, 0.25) is 0 Å². The van der Waals surface area contributed by atoms with Crippen LogP contribution in [0.15, 0.2) is 84.9 Å². The minimum absolute atomic E-state index is 0.335. The molecule has 1 saturated heterocycles. The lowest BCUT2D eigenvalue weighted by Gasteiger charge is -2.13. The summed E-state index contributed by atoms with van der Waals surface area (Å²) >= 11 is 0. The molecule has 1 aliphatic rings. The monoisotopic (exact) mass is 420 g/mol. The lowest BCUT2D eigenvalue weighted by atomic mass is 9.95. The zero-order chi connectivity index (χ0) is 21.9. The molecule has 1 atom stereocenters. The Morgan fingerprint density at radius 1 is 0.938 bits per heavy atom. The Labute approximate surface area is 189 Å². The van der Waals surface area contributed by atoms with Crippen molar-refractivity contribution in [3.8, 4) is 22.4 Å². The van der Waals surface area contributed by atoms with Crippen molar-refractivity contribution in [3.63, 3.8) is 0 Å². The van der Waals surface area contributed by atoms with Gasteiger partial charge in [-0.1, -0.05) is 66.7 Å². The van der Waals surface area contributed by atoms with Gasteiger partial charge in [-0.05, 0) is 55.3 Å². The highest BCUT2D eigenvalue weighted by Crippen LogP contribution is 2.33. The number of nitrogens with zero attached hydrogens (tertiary/aromatic N) is 2. The molecule has 1 fully saturated rings. The quantitative estimate of drug-likeness (QED) is 0.382. The van der Waals surface area contributed by atoms with Crippen molar-refractivity contribution < 1.29 is 4.79 Å². The molecule has 160 valence electrons. The number of pyridine rings is 1. The van der Waals surface area contributed by atoms with E-state index in [-0.39, 0.29) is 0 Å². The van der Waals surface area contributed by atoms with Crippen LogP contribution in [-0.4, -0.2) is 35.8 Å². The van der Waals surface area contributed by atoms with Crippen LogP contribution in [-0.2, 0) is 11.2 Å². The second-order valence-electron chi connectivity index (χ2n) is 8.98. The SMILES string of the molecule is CN1CCC(CC(=O)Cc2ccc3nc(-c4ccccc4)c(-c4ccccc4)cc3c2)C1. The Morgan fingerprint density at radius 2 is 1.66 bits per heavy atom. The number of Topliss-reactive ketones (excluding diaryl/α,β-unsaturated/α-hetero) is 1. The van der Waals surface area contributed by atoms with Crippen LogP contribution in [0, 0.1) is 5.92 Å². The molecule has 2 heterocycles. The third-order valence-corrected chi connectivity index (χ3v) is 6.42. The van der Waals surface area contributed by atoms with Gasteiger partial charge in [0.2, 0.25) is 0 Å². The molecular formula is C29H28N2O. The number of ketones is 1. The first-order valence-electron chi connectivity index (χ1n) is 11.4. The number of fused-ring (bicyclic) bond motifs is 1. The van der Waals surface area contributed by atoms with Gasteiger partial charge < -0.3 is 4.90 Å². The van der Waals surface area contributed by atoms with Gasteiger partial charge in [0.15, 0.2) is 0 Å². The fourth-order valence-corrected chi connectivity index (χ4v) is 4.80.